The van der Waals surface area contributed by atoms with Gasteiger partial charge in [0, 0.05) is 9.13 Å². The Hall–Kier alpha value is -1.97. The second kappa shape index (κ2) is 9.50. The summed E-state index contributed by atoms with van der Waals surface area (Å²) >= 11 is 8.28. The quantitative estimate of drug-likeness (QED) is 0.303. The first kappa shape index (κ1) is 19.4. The molecule has 25 heavy (non-hydrogen) atoms. The van der Waals surface area contributed by atoms with Gasteiger partial charge in [-0.2, -0.15) is 0 Å². The lowest BCUT2D eigenvalue weighted by atomic mass is 10.2. The molecule has 0 heterocycles. The predicted molar refractivity (Wildman–Crippen MR) is 104 cm³/mol. The number of benzene rings is 2. The van der Waals surface area contributed by atoms with Crippen LogP contribution >= 0.6 is 34.2 Å². The summed E-state index contributed by atoms with van der Waals surface area (Å²) in [6, 6.07) is 12.9. The molecule has 2 aromatic carbocycles. The number of hydrogen-bond donors (Lipinski definition) is 3. The molecule has 0 radical (unpaired) electrons. The van der Waals surface area contributed by atoms with Gasteiger partial charge in [-0.25, -0.2) is 4.79 Å². The number of hydroxylamine groups is 1. The van der Waals surface area contributed by atoms with Crippen LogP contribution in [0.2, 0.25) is 5.02 Å². The van der Waals surface area contributed by atoms with Crippen molar-refractivity contribution < 1.29 is 19.5 Å². The minimum Gasteiger partial charge on any atom is -0.472 e. The van der Waals surface area contributed by atoms with Crippen LogP contribution in [0.4, 0.5) is 4.79 Å². The van der Waals surface area contributed by atoms with Crippen LogP contribution in [0.25, 0.3) is 5.70 Å². The molecular weight excluding hydrogens is 459 g/mol. The first-order chi connectivity index (χ1) is 12.0. The number of hydrogen-bond acceptors (Lipinski definition) is 4. The van der Waals surface area contributed by atoms with Crippen LogP contribution in [0.3, 0.4) is 0 Å². The van der Waals surface area contributed by atoms with E-state index < -0.39 is 6.09 Å². The average molecular weight is 475 g/mol. The van der Waals surface area contributed by atoms with Gasteiger partial charge in [-0.1, -0.05) is 42.4 Å². The van der Waals surface area contributed by atoms with Crippen molar-refractivity contribution in [2.45, 2.75) is 6.61 Å². The van der Waals surface area contributed by atoms with Crippen molar-refractivity contribution in [3.8, 4) is 5.75 Å². The zero-order valence-corrected chi connectivity index (χ0v) is 16.0. The van der Waals surface area contributed by atoms with Crippen molar-refractivity contribution in [3.05, 3.63) is 68.8 Å². The van der Waals surface area contributed by atoms with Crippen LogP contribution in [-0.2, 0) is 11.4 Å². The molecule has 132 valence electrons. The SMILES string of the molecule is C=C(NOCc1ccccc1I)c1ccc(Cl)c(OCNC(=O)O)c1. The van der Waals surface area contributed by atoms with Crippen LogP contribution in [0.5, 0.6) is 5.75 Å². The number of carbonyl (C=O) groups is 1. The molecule has 0 saturated carbocycles. The Kier molecular flexibility index (Phi) is 7.35. The molecule has 2 rings (SSSR count). The van der Waals surface area contributed by atoms with E-state index in [0.717, 1.165) is 9.13 Å². The van der Waals surface area contributed by atoms with Gasteiger partial charge in [-0.05, 0) is 46.4 Å². The highest BCUT2D eigenvalue weighted by Gasteiger charge is 2.07. The summed E-state index contributed by atoms with van der Waals surface area (Å²) in [5.41, 5.74) is 5.08. The number of ether oxygens (including phenoxy) is 1. The van der Waals surface area contributed by atoms with E-state index in [1.807, 2.05) is 24.3 Å². The first-order valence-corrected chi connectivity index (χ1v) is 8.62. The summed E-state index contributed by atoms with van der Waals surface area (Å²) in [6.07, 6.45) is -1.18. The van der Waals surface area contributed by atoms with E-state index in [1.54, 1.807) is 18.2 Å². The summed E-state index contributed by atoms with van der Waals surface area (Å²) in [7, 11) is 0. The van der Waals surface area contributed by atoms with E-state index in [2.05, 4.69) is 40.0 Å². The Balaban J connectivity index is 1.92. The molecule has 8 heteroatoms. The van der Waals surface area contributed by atoms with Crippen LogP contribution in [0, 0.1) is 3.57 Å². The Labute approximate surface area is 163 Å². The van der Waals surface area contributed by atoms with Gasteiger partial charge in [0.15, 0.2) is 6.73 Å². The van der Waals surface area contributed by atoms with E-state index in [4.69, 9.17) is 26.3 Å². The van der Waals surface area contributed by atoms with E-state index in [-0.39, 0.29) is 6.73 Å². The predicted octanol–water partition coefficient (Wildman–Crippen LogP) is 4.24. The summed E-state index contributed by atoms with van der Waals surface area (Å²) in [5.74, 6) is 0.341. The zero-order valence-electron chi connectivity index (χ0n) is 13.1. The summed E-state index contributed by atoms with van der Waals surface area (Å²) < 4.78 is 6.41. The van der Waals surface area contributed by atoms with Gasteiger partial charge in [-0.3, -0.25) is 15.6 Å². The van der Waals surface area contributed by atoms with E-state index in [9.17, 15) is 4.79 Å². The van der Waals surface area contributed by atoms with Crippen LogP contribution in [0.15, 0.2) is 49.0 Å². The van der Waals surface area contributed by atoms with Gasteiger partial charge in [0.05, 0.1) is 10.7 Å². The third kappa shape index (κ3) is 6.11. The Morgan fingerprint density at radius 2 is 2.04 bits per heavy atom. The highest BCUT2D eigenvalue weighted by Crippen LogP contribution is 2.27. The Morgan fingerprint density at radius 3 is 2.76 bits per heavy atom. The lowest BCUT2D eigenvalue weighted by Crippen LogP contribution is -2.25. The van der Waals surface area contributed by atoms with Crippen LogP contribution in [-0.4, -0.2) is 17.9 Å². The molecular formula is C17H16ClIN2O4. The molecule has 0 spiro atoms. The van der Waals surface area contributed by atoms with Gasteiger partial charge >= 0.3 is 6.09 Å². The fourth-order valence-corrected chi connectivity index (χ4v) is 2.57. The molecule has 1 amide bonds. The Morgan fingerprint density at radius 1 is 1.28 bits per heavy atom. The number of halogens is 2. The highest BCUT2D eigenvalue weighted by molar-refractivity contribution is 14.1. The fraction of sp³-hybridized carbons (Fsp3) is 0.118. The minimum atomic E-state index is -1.18. The maximum atomic E-state index is 10.4. The second-order valence-corrected chi connectivity index (χ2v) is 6.45. The summed E-state index contributed by atoms with van der Waals surface area (Å²) in [4.78, 5) is 15.9. The zero-order chi connectivity index (χ0) is 18.2. The van der Waals surface area contributed by atoms with Crippen molar-refractivity contribution in [2.75, 3.05) is 6.73 Å². The standard InChI is InChI=1S/C17H16ClIN2O4/c1-11(21-25-9-13-4-2-3-5-15(13)19)12-6-7-14(18)16(8-12)24-10-20-17(22)23/h2-8,20-21H,1,9-10H2,(H,22,23). The van der Waals surface area contributed by atoms with Crippen molar-refractivity contribution in [2.24, 2.45) is 0 Å². The third-order valence-electron chi connectivity index (χ3n) is 3.11. The molecule has 3 N–H and O–H groups in total. The number of nitrogens with one attached hydrogen (secondary N) is 2. The van der Waals surface area contributed by atoms with Crippen molar-refractivity contribution in [1.82, 2.24) is 10.8 Å². The smallest absolute Gasteiger partial charge is 0.407 e. The molecule has 0 saturated heterocycles. The van der Waals surface area contributed by atoms with Gasteiger partial charge in [0.2, 0.25) is 0 Å². The molecule has 0 aliphatic rings. The van der Waals surface area contributed by atoms with Gasteiger partial charge in [-0.15, -0.1) is 0 Å². The van der Waals surface area contributed by atoms with E-state index >= 15 is 0 Å². The molecule has 0 bridgehead atoms. The molecule has 6 nitrogen and oxygen atoms in total. The fourth-order valence-electron chi connectivity index (χ4n) is 1.85. The molecule has 0 aromatic heterocycles. The van der Waals surface area contributed by atoms with Gasteiger partial charge in [0.1, 0.15) is 12.4 Å². The lowest BCUT2D eigenvalue weighted by Gasteiger charge is -2.13. The normalized spacial score (nSPS) is 10.2. The minimum absolute atomic E-state index is 0.207. The summed E-state index contributed by atoms with van der Waals surface area (Å²) in [6.45, 7) is 4.09. The average Bonchev–Trinajstić information content (AvgIpc) is 2.58. The Bertz CT molecular complexity index is 770. The monoisotopic (exact) mass is 474 g/mol. The largest absolute Gasteiger partial charge is 0.472 e. The second-order valence-electron chi connectivity index (χ2n) is 4.88. The van der Waals surface area contributed by atoms with Crippen LogP contribution in [0.1, 0.15) is 11.1 Å². The maximum Gasteiger partial charge on any atom is 0.407 e. The maximum absolute atomic E-state index is 10.4. The molecule has 0 aliphatic carbocycles. The topological polar surface area (TPSA) is 79.8 Å². The highest BCUT2D eigenvalue weighted by atomic mass is 127. The van der Waals surface area contributed by atoms with Crippen molar-refractivity contribution >= 4 is 46.0 Å². The molecule has 0 unspecified atom stereocenters. The van der Waals surface area contributed by atoms with Crippen molar-refractivity contribution in [3.63, 3.8) is 0 Å². The van der Waals surface area contributed by atoms with Gasteiger partial charge < -0.3 is 9.84 Å². The number of carboxylic acid groups (broad SMARTS) is 1. The lowest BCUT2D eigenvalue weighted by molar-refractivity contribution is 0.0644. The third-order valence-corrected chi connectivity index (χ3v) is 4.48. The van der Waals surface area contributed by atoms with Crippen molar-refractivity contribution in [1.29, 1.82) is 0 Å². The summed E-state index contributed by atoms with van der Waals surface area (Å²) in [5, 5.41) is 11.0. The molecule has 0 fully saturated rings. The van der Waals surface area contributed by atoms with E-state index in [0.29, 0.717) is 28.6 Å². The van der Waals surface area contributed by atoms with Gasteiger partial charge in [0.25, 0.3) is 0 Å². The van der Waals surface area contributed by atoms with Crippen LogP contribution < -0.4 is 15.5 Å². The molecule has 0 atom stereocenters. The van der Waals surface area contributed by atoms with E-state index in [1.165, 1.54) is 0 Å². The number of rotatable bonds is 8. The number of amides is 1. The molecule has 0 aliphatic heterocycles. The first-order valence-electron chi connectivity index (χ1n) is 7.17. The molecule has 2 aromatic rings.